The number of benzene rings is 1. The first-order valence-corrected chi connectivity index (χ1v) is 6.30. The van der Waals surface area contributed by atoms with Crippen molar-refractivity contribution in [2.24, 2.45) is 5.73 Å². The molecule has 0 heterocycles. The van der Waals surface area contributed by atoms with Gasteiger partial charge in [-0.3, -0.25) is 4.90 Å². The van der Waals surface area contributed by atoms with Crippen LogP contribution in [0.1, 0.15) is 30.5 Å². The highest BCUT2D eigenvalue weighted by Crippen LogP contribution is 2.25. The molecule has 0 fully saturated rings. The van der Waals surface area contributed by atoms with Crippen molar-refractivity contribution in [2.45, 2.75) is 25.4 Å². The van der Waals surface area contributed by atoms with E-state index in [2.05, 4.69) is 0 Å². The van der Waals surface area contributed by atoms with Gasteiger partial charge in [0.25, 0.3) is 6.43 Å². The molecule has 2 unspecified atom stereocenters. The molecule has 0 saturated carbocycles. The second-order valence-corrected chi connectivity index (χ2v) is 4.69. The number of hydrogen-bond acceptors (Lipinski definition) is 3. The van der Waals surface area contributed by atoms with Crippen LogP contribution in [-0.2, 0) is 4.74 Å². The Labute approximate surface area is 113 Å². The molecule has 0 aliphatic heterocycles. The number of ether oxygens (including phenoxy) is 1. The van der Waals surface area contributed by atoms with E-state index in [9.17, 15) is 8.78 Å². The molecule has 2 atom stereocenters. The maximum atomic E-state index is 12.7. The number of alkyl halides is 2. The van der Waals surface area contributed by atoms with Crippen LogP contribution in [0, 0.1) is 0 Å². The van der Waals surface area contributed by atoms with Crippen LogP contribution in [0.5, 0.6) is 0 Å². The summed E-state index contributed by atoms with van der Waals surface area (Å²) in [6.07, 6.45) is -2.46. The molecule has 108 valence electrons. The van der Waals surface area contributed by atoms with Gasteiger partial charge in [0.1, 0.15) is 0 Å². The lowest BCUT2D eigenvalue weighted by Crippen LogP contribution is -2.39. The number of hydrogen-bond donors (Lipinski definition) is 1. The topological polar surface area (TPSA) is 38.5 Å². The minimum Gasteiger partial charge on any atom is -0.383 e. The number of nitrogens with zero attached hydrogens (tertiary/aromatic N) is 1. The third-order valence-corrected chi connectivity index (χ3v) is 3.37. The normalized spacial score (nSPS) is 14.9. The second kappa shape index (κ2) is 7.53. The van der Waals surface area contributed by atoms with Gasteiger partial charge in [0.05, 0.1) is 6.61 Å². The zero-order valence-corrected chi connectivity index (χ0v) is 11.6. The van der Waals surface area contributed by atoms with Crippen LogP contribution in [-0.4, -0.2) is 38.3 Å². The van der Waals surface area contributed by atoms with Gasteiger partial charge in [-0.25, -0.2) is 8.78 Å². The largest absolute Gasteiger partial charge is 0.383 e. The molecule has 2 N–H and O–H groups in total. The maximum Gasteiger partial charge on any atom is 0.263 e. The summed E-state index contributed by atoms with van der Waals surface area (Å²) in [6, 6.07) is 6.50. The van der Waals surface area contributed by atoms with E-state index in [0.717, 1.165) is 5.56 Å². The van der Waals surface area contributed by atoms with Crippen LogP contribution in [0.3, 0.4) is 0 Å². The third kappa shape index (κ3) is 4.23. The second-order valence-electron chi connectivity index (χ2n) is 4.69. The molecule has 0 aromatic heterocycles. The molecule has 0 bridgehead atoms. The van der Waals surface area contributed by atoms with E-state index in [1.54, 1.807) is 13.2 Å². The average molecular weight is 272 g/mol. The fourth-order valence-electron chi connectivity index (χ4n) is 2.11. The lowest BCUT2D eigenvalue weighted by atomic mass is 10.0. The van der Waals surface area contributed by atoms with Crippen LogP contribution in [0.4, 0.5) is 8.78 Å². The summed E-state index contributed by atoms with van der Waals surface area (Å²) in [7, 11) is 3.56. The molecular weight excluding hydrogens is 250 g/mol. The highest BCUT2D eigenvalue weighted by atomic mass is 19.3. The Bertz CT molecular complexity index is 387. The third-order valence-electron chi connectivity index (χ3n) is 3.37. The summed E-state index contributed by atoms with van der Waals surface area (Å²) < 4.78 is 30.6. The number of rotatable bonds is 7. The fraction of sp³-hybridized carbons (Fsp3) is 0.571. The molecule has 0 saturated heterocycles. The summed E-state index contributed by atoms with van der Waals surface area (Å²) in [4.78, 5) is 2.05. The van der Waals surface area contributed by atoms with E-state index < -0.39 is 6.43 Å². The lowest BCUT2D eigenvalue weighted by molar-refractivity contribution is 0.0908. The Morgan fingerprint density at radius 2 is 1.95 bits per heavy atom. The monoisotopic (exact) mass is 272 g/mol. The van der Waals surface area contributed by atoms with Gasteiger partial charge in [0.15, 0.2) is 0 Å². The molecular formula is C14H22F2N2O. The zero-order chi connectivity index (χ0) is 14.4. The molecule has 1 rings (SSSR count). The van der Waals surface area contributed by atoms with Gasteiger partial charge in [0, 0.05) is 31.3 Å². The smallest absolute Gasteiger partial charge is 0.263 e. The van der Waals surface area contributed by atoms with Crippen molar-refractivity contribution in [1.82, 2.24) is 4.90 Å². The summed E-state index contributed by atoms with van der Waals surface area (Å²) in [5.74, 6) is 0. The standard InChI is InChI=1S/C14H22F2N2O/c1-10(9-19-3)18(2)13(8-17)11-5-4-6-12(7-11)14(15)16/h4-7,10,13-14H,8-9,17H2,1-3H3. The Kier molecular flexibility index (Phi) is 6.34. The van der Waals surface area contributed by atoms with Crippen LogP contribution < -0.4 is 5.73 Å². The van der Waals surface area contributed by atoms with Crippen molar-refractivity contribution < 1.29 is 13.5 Å². The van der Waals surface area contributed by atoms with Gasteiger partial charge < -0.3 is 10.5 Å². The molecule has 0 spiro atoms. The van der Waals surface area contributed by atoms with Gasteiger partial charge in [-0.15, -0.1) is 0 Å². The molecule has 0 aliphatic rings. The van der Waals surface area contributed by atoms with E-state index in [1.807, 2.05) is 24.9 Å². The van der Waals surface area contributed by atoms with Gasteiger partial charge >= 0.3 is 0 Å². The van der Waals surface area contributed by atoms with Crippen LogP contribution in [0.15, 0.2) is 24.3 Å². The average Bonchev–Trinajstić information content (AvgIpc) is 2.40. The summed E-state index contributed by atoms with van der Waals surface area (Å²) in [5.41, 5.74) is 6.64. The molecule has 3 nitrogen and oxygen atoms in total. The first kappa shape index (κ1) is 16.0. The molecule has 1 aromatic carbocycles. The maximum absolute atomic E-state index is 12.7. The predicted molar refractivity (Wildman–Crippen MR) is 72.3 cm³/mol. The van der Waals surface area contributed by atoms with E-state index in [1.165, 1.54) is 12.1 Å². The lowest BCUT2D eigenvalue weighted by Gasteiger charge is -2.32. The molecule has 1 aromatic rings. The predicted octanol–water partition coefficient (Wildman–Crippen LogP) is 2.59. The molecule has 0 radical (unpaired) electrons. The molecule has 5 heteroatoms. The van der Waals surface area contributed by atoms with E-state index >= 15 is 0 Å². The van der Waals surface area contributed by atoms with Gasteiger partial charge in [-0.05, 0) is 25.6 Å². The number of nitrogens with two attached hydrogens (primary N) is 1. The van der Waals surface area contributed by atoms with Crippen molar-refractivity contribution in [3.05, 3.63) is 35.4 Å². The highest BCUT2D eigenvalue weighted by Gasteiger charge is 2.21. The van der Waals surface area contributed by atoms with Crippen LogP contribution >= 0.6 is 0 Å². The van der Waals surface area contributed by atoms with Crippen LogP contribution in [0.25, 0.3) is 0 Å². The highest BCUT2D eigenvalue weighted by molar-refractivity contribution is 5.27. The van der Waals surface area contributed by atoms with Crippen molar-refractivity contribution in [2.75, 3.05) is 27.3 Å². The number of halogens is 2. The summed E-state index contributed by atoms with van der Waals surface area (Å²) >= 11 is 0. The van der Waals surface area contributed by atoms with E-state index in [-0.39, 0.29) is 17.6 Å². The van der Waals surface area contributed by atoms with Gasteiger partial charge in [-0.1, -0.05) is 18.2 Å². The van der Waals surface area contributed by atoms with Crippen molar-refractivity contribution in [3.8, 4) is 0 Å². The van der Waals surface area contributed by atoms with Gasteiger partial charge in [0.2, 0.25) is 0 Å². The minimum absolute atomic E-state index is 0.0312. The van der Waals surface area contributed by atoms with E-state index in [4.69, 9.17) is 10.5 Å². The first-order chi connectivity index (χ1) is 9.01. The SMILES string of the molecule is COCC(C)N(C)C(CN)c1cccc(C(F)F)c1. The van der Waals surface area contributed by atoms with Crippen molar-refractivity contribution in [1.29, 1.82) is 0 Å². The Morgan fingerprint density at radius 3 is 2.47 bits per heavy atom. The van der Waals surface area contributed by atoms with Gasteiger partial charge in [-0.2, -0.15) is 0 Å². The number of likely N-dealkylation sites (N-methyl/N-ethyl adjacent to an activating group) is 1. The zero-order valence-electron chi connectivity index (χ0n) is 11.6. The molecule has 0 aliphatic carbocycles. The quantitative estimate of drug-likeness (QED) is 0.829. The Morgan fingerprint density at radius 1 is 1.32 bits per heavy atom. The fourth-order valence-corrected chi connectivity index (χ4v) is 2.11. The molecule has 19 heavy (non-hydrogen) atoms. The summed E-state index contributed by atoms with van der Waals surface area (Å²) in [5, 5.41) is 0. The minimum atomic E-state index is -2.46. The summed E-state index contributed by atoms with van der Waals surface area (Å²) in [6.45, 7) is 2.96. The Hall–Kier alpha value is -1.04. The van der Waals surface area contributed by atoms with Crippen molar-refractivity contribution >= 4 is 0 Å². The van der Waals surface area contributed by atoms with Crippen LogP contribution in [0.2, 0.25) is 0 Å². The van der Waals surface area contributed by atoms with Crippen molar-refractivity contribution in [3.63, 3.8) is 0 Å². The molecule has 0 amide bonds. The first-order valence-electron chi connectivity index (χ1n) is 6.30. The Balaban J connectivity index is 2.93. The van der Waals surface area contributed by atoms with E-state index in [0.29, 0.717) is 13.2 Å². The number of methoxy groups -OCH3 is 1.